The number of para-hydroxylation sites is 1. The summed E-state index contributed by atoms with van der Waals surface area (Å²) in [5.74, 6) is 1.09. The predicted molar refractivity (Wildman–Crippen MR) is 109 cm³/mol. The molecule has 0 saturated carbocycles. The number of nitrogens with zero attached hydrogens (tertiary/aromatic N) is 1. The van der Waals surface area contributed by atoms with Crippen molar-refractivity contribution in [3.63, 3.8) is 0 Å². The van der Waals surface area contributed by atoms with Crippen LogP contribution >= 0.6 is 11.8 Å². The van der Waals surface area contributed by atoms with E-state index in [1.165, 1.54) is 12.0 Å². The van der Waals surface area contributed by atoms with E-state index in [-0.39, 0.29) is 17.1 Å². The van der Waals surface area contributed by atoms with Gasteiger partial charge in [0.25, 0.3) is 5.24 Å². The van der Waals surface area contributed by atoms with Crippen molar-refractivity contribution in [2.24, 2.45) is 5.92 Å². The molecule has 1 N–H and O–H groups in total. The molecule has 1 aromatic rings. The third kappa shape index (κ3) is 6.65. The maximum absolute atomic E-state index is 11.2. The zero-order valence-corrected chi connectivity index (χ0v) is 17.6. The van der Waals surface area contributed by atoms with E-state index >= 15 is 0 Å². The maximum Gasteiger partial charge on any atom is 0.286 e. The average Bonchev–Trinajstić information content (AvgIpc) is 2.89. The Hall–Kier alpha value is -1.53. The molecule has 1 aromatic carbocycles. The maximum atomic E-state index is 11.2. The van der Waals surface area contributed by atoms with Crippen LogP contribution in [0.1, 0.15) is 39.7 Å². The summed E-state index contributed by atoms with van der Waals surface area (Å²) in [6, 6.07) is 8.25. The summed E-state index contributed by atoms with van der Waals surface area (Å²) >= 11 is 1.08. The molecule has 6 heteroatoms. The van der Waals surface area contributed by atoms with Gasteiger partial charge in [-0.1, -0.05) is 39.0 Å². The molecular formula is C20H32N2O3S. The first kappa shape index (κ1) is 22.5. The predicted octanol–water partition coefficient (Wildman–Crippen LogP) is 3.96. The molecule has 1 fully saturated rings. The summed E-state index contributed by atoms with van der Waals surface area (Å²) in [5, 5.41) is 2.04. The smallest absolute Gasteiger partial charge is 0.286 e. The first-order chi connectivity index (χ1) is 12.2. The summed E-state index contributed by atoms with van der Waals surface area (Å²) in [6.07, 6.45) is 2.34. The molecule has 2 heterocycles. The molecule has 3 rings (SSSR count). The van der Waals surface area contributed by atoms with Crippen molar-refractivity contribution in [2.45, 2.75) is 45.3 Å². The fourth-order valence-corrected chi connectivity index (χ4v) is 3.07. The number of fused-ring (bicyclic) bond motifs is 1. The van der Waals surface area contributed by atoms with E-state index in [1.54, 1.807) is 6.92 Å². The van der Waals surface area contributed by atoms with Crippen LogP contribution in [0, 0.1) is 5.92 Å². The van der Waals surface area contributed by atoms with Gasteiger partial charge in [-0.2, -0.15) is 0 Å². The molecule has 0 bridgehead atoms. The molecule has 0 radical (unpaired) electrons. The molecule has 1 unspecified atom stereocenters. The molecular weight excluding hydrogens is 348 g/mol. The highest BCUT2D eigenvalue weighted by atomic mass is 32.2. The normalized spacial score (nSPS) is 21.1. The highest BCUT2D eigenvalue weighted by molar-refractivity contribution is 8.16. The number of imide groups is 1. The zero-order valence-electron chi connectivity index (χ0n) is 16.8. The number of nitrogens with one attached hydrogen (secondary N) is 1. The number of aryl methyl sites for hydroxylation is 1. The summed E-state index contributed by atoms with van der Waals surface area (Å²) in [7, 11) is 4.11. The van der Waals surface area contributed by atoms with E-state index in [9.17, 15) is 9.59 Å². The van der Waals surface area contributed by atoms with Crippen molar-refractivity contribution in [2.75, 3.05) is 27.2 Å². The van der Waals surface area contributed by atoms with Crippen LogP contribution in [0.2, 0.25) is 0 Å². The van der Waals surface area contributed by atoms with E-state index in [2.05, 4.69) is 43.4 Å². The third-order valence-electron chi connectivity index (χ3n) is 4.53. The van der Waals surface area contributed by atoms with Crippen LogP contribution in [-0.2, 0) is 11.2 Å². The second kappa shape index (κ2) is 10.6. The van der Waals surface area contributed by atoms with Crippen LogP contribution in [0.15, 0.2) is 24.3 Å². The first-order valence-corrected chi connectivity index (χ1v) is 9.92. The Bertz CT molecular complexity index is 579. The Morgan fingerprint density at radius 2 is 1.88 bits per heavy atom. The van der Waals surface area contributed by atoms with Gasteiger partial charge < -0.3 is 9.64 Å². The molecule has 0 spiro atoms. The Morgan fingerprint density at radius 3 is 2.31 bits per heavy atom. The molecule has 2 amide bonds. The van der Waals surface area contributed by atoms with Gasteiger partial charge in [0.1, 0.15) is 10.5 Å². The van der Waals surface area contributed by atoms with Crippen LogP contribution in [0.25, 0.3) is 0 Å². The van der Waals surface area contributed by atoms with Gasteiger partial charge in [0.2, 0.25) is 5.91 Å². The summed E-state index contributed by atoms with van der Waals surface area (Å²) in [6.45, 7) is 9.82. The Labute approximate surface area is 161 Å². The van der Waals surface area contributed by atoms with Crippen LogP contribution in [0.5, 0.6) is 5.75 Å². The largest absolute Gasteiger partial charge is 0.493 e. The molecule has 0 aliphatic carbocycles. The number of amides is 2. The third-order valence-corrected chi connectivity index (χ3v) is 5.89. The molecule has 26 heavy (non-hydrogen) atoms. The van der Waals surface area contributed by atoms with Gasteiger partial charge in [0, 0.05) is 0 Å². The van der Waals surface area contributed by atoms with Crippen molar-refractivity contribution in [3.05, 3.63) is 29.8 Å². The van der Waals surface area contributed by atoms with Crippen molar-refractivity contribution >= 4 is 22.9 Å². The summed E-state index contributed by atoms with van der Waals surface area (Å²) < 4.78 is 4.86. The monoisotopic (exact) mass is 380 g/mol. The van der Waals surface area contributed by atoms with Crippen LogP contribution in [-0.4, -0.2) is 48.0 Å². The number of hydrogen-bond acceptors (Lipinski definition) is 5. The van der Waals surface area contributed by atoms with Gasteiger partial charge in [0.15, 0.2) is 0 Å². The standard InChI is InChI=1S/C9H10O.C7H11NO2S.C4H11N/c1-2-6-9-8(4-1)5-3-7-10-9;1-4(2)7(3)5(9)8-6(10)11-7;1-4-5(2)3/h1-2,4,6H,3,5,7H2;4H,1-3H3,(H,8,9,10);4H2,1-3H3. The lowest BCUT2D eigenvalue weighted by Crippen LogP contribution is -2.38. The lowest BCUT2D eigenvalue weighted by molar-refractivity contribution is -0.122. The van der Waals surface area contributed by atoms with Crippen molar-refractivity contribution < 1.29 is 14.3 Å². The zero-order chi connectivity index (χ0) is 19.7. The first-order valence-electron chi connectivity index (χ1n) is 9.10. The second-order valence-corrected chi connectivity index (χ2v) is 8.48. The minimum Gasteiger partial charge on any atom is -0.493 e. The highest BCUT2D eigenvalue weighted by Crippen LogP contribution is 2.37. The lowest BCUT2D eigenvalue weighted by atomic mass is 9.96. The van der Waals surface area contributed by atoms with Gasteiger partial charge in [-0.15, -0.1) is 0 Å². The summed E-state index contributed by atoms with van der Waals surface area (Å²) in [5.41, 5.74) is 1.36. The fraction of sp³-hybridized carbons (Fsp3) is 0.600. The average molecular weight is 381 g/mol. The molecule has 1 atom stereocenters. The van der Waals surface area contributed by atoms with E-state index < -0.39 is 4.75 Å². The highest BCUT2D eigenvalue weighted by Gasteiger charge is 2.45. The lowest BCUT2D eigenvalue weighted by Gasteiger charge is -2.22. The number of carbonyl (C=O) groups is 2. The Balaban J connectivity index is 0.000000209. The van der Waals surface area contributed by atoms with Gasteiger partial charge >= 0.3 is 0 Å². The van der Waals surface area contributed by atoms with E-state index in [0.717, 1.165) is 37.1 Å². The summed E-state index contributed by atoms with van der Waals surface area (Å²) in [4.78, 5) is 24.1. The molecule has 2 aliphatic rings. The van der Waals surface area contributed by atoms with E-state index in [1.807, 2.05) is 26.0 Å². The number of carbonyl (C=O) groups excluding carboxylic acids is 2. The SMILES string of the molecule is CC(C)C1(C)SC(=O)NC1=O.CCN(C)C.c1ccc2c(c1)CCCO2. The minimum atomic E-state index is -0.558. The molecule has 5 nitrogen and oxygen atoms in total. The van der Waals surface area contributed by atoms with Crippen molar-refractivity contribution in [1.82, 2.24) is 10.2 Å². The number of benzene rings is 1. The number of rotatable bonds is 2. The number of hydrogen-bond donors (Lipinski definition) is 1. The topological polar surface area (TPSA) is 58.6 Å². The van der Waals surface area contributed by atoms with Crippen molar-refractivity contribution in [3.8, 4) is 5.75 Å². The van der Waals surface area contributed by atoms with Crippen LogP contribution in [0.4, 0.5) is 4.79 Å². The number of ether oxygens (including phenoxy) is 1. The van der Waals surface area contributed by atoms with Crippen LogP contribution in [0.3, 0.4) is 0 Å². The second-order valence-electron chi connectivity index (χ2n) is 7.06. The molecule has 146 valence electrons. The van der Waals surface area contributed by atoms with Gasteiger partial charge in [-0.25, -0.2) is 0 Å². The van der Waals surface area contributed by atoms with E-state index in [4.69, 9.17) is 4.74 Å². The van der Waals surface area contributed by atoms with E-state index in [0.29, 0.717) is 0 Å². The Kier molecular flexibility index (Phi) is 9.16. The molecule has 2 aliphatic heterocycles. The van der Waals surface area contributed by atoms with Crippen LogP contribution < -0.4 is 10.1 Å². The quantitative estimate of drug-likeness (QED) is 0.841. The molecule has 0 aromatic heterocycles. The fourth-order valence-electron chi connectivity index (χ4n) is 2.16. The Morgan fingerprint density at radius 1 is 1.27 bits per heavy atom. The van der Waals surface area contributed by atoms with Gasteiger partial charge in [-0.3, -0.25) is 14.9 Å². The van der Waals surface area contributed by atoms with Gasteiger partial charge in [-0.05, 0) is 69.7 Å². The minimum absolute atomic E-state index is 0.164. The molecule has 1 saturated heterocycles. The van der Waals surface area contributed by atoms with Gasteiger partial charge in [0.05, 0.1) is 6.61 Å². The van der Waals surface area contributed by atoms with Crippen molar-refractivity contribution in [1.29, 1.82) is 0 Å². The number of thioether (sulfide) groups is 1.